The summed E-state index contributed by atoms with van der Waals surface area (Å²) in [6, 6.07) is -0.152. The van der Waals surface area contributed by atoms with Gasteiger partial charge in [0.05, 0.1) is 12.6 Å². The number of aliphatic hydroxyl groups excluding tert-OH is 1. The molecule has 5 heteroatoms. The first kappa shape index (κ1) is 12.3. The summed E-state index contributed by atoms with van der Waals surface area (Å²) in [5.41, 5.74) is 5.15. The minimum atomic E-state index is -0.389. The lowest BCUT2D eigenvalue weighted by Gasteiger charge is -2.30. The Hall–Kier alpha value is -0.810. The first-order chi connectivity index (χ1) is 7.00. The van der Waals surface area contributed by atoms with E-state index in [-0.39, 0.29) is 24.2 Å². The Morgan fingerprint density at radius 2 is 2.33 bits per heavy atom. The number of carbonyl (C=O) groups is 1. The van der Waals surface area contributed by atoms with Gasteiger partial charge in [0.2, 0.25) is 0 Å². The third-order valence-electron chi connectivity index (χ3n) is 2.80. The summed E-state index contributed by atoms with van der Waals surface area (Å²) >= 11 is 0. The van der Waals surface area contributed by atoms with E-state index < -0.39 is 0 Å². The molecular weight excluding hydrogens is 194 g/mol. The maximum absolute atomic E-state index is 11.8. The van der Waals surface area contributed by atoms with Crippen molar-refractivity contribution in [3.8, 4) is 0 Å². The lowest BCUT2D eigenvalue weighted by atomic mass is 10.1. The monoisotopic (exact) mass is 215 g/mol. The molecule has 15 heavy (non-hydrogen) atoms. The van der Waals surface area contributed by atoms with Crippen LogP contribution in [0.2, 0.25) is 0 Å². The van der Waals surface area contributed by atoms with Crippen LogP contribution in [0.3, 0.4) is 0 Å². The lowest BCUT2D eigenvalue weighted by Crippen LogP contribution is -2.55. The zero-order chi connectivity index (χ0) is 11.5. The van der Waals surface area contributed by atoms with E-state index in [2.05, 4.69) is 5.32 Å². The van der Waals surface area contributed by atoms with Crippen LogP contribution in [0.25, 0.3) is 0 Å². The third kappa shape index (κ3) is 3.07. The highest BCUT2D eigenvalue weighted by Crippen LogP contribution is 2.17. The summed E-state index contributed by atoms with van der Waals surface area (Å²) in [4.78, 5) is 13.5. The molecule has 2 amide bonds. The maximum Gasteiger partial charge on any atom is 0.318 e. The Morgan fingerprint density at radius 3 is 2.87 bits per heavy atom. The molecule has 4 N–H and O–H groups in total. The molecule has 5 nitrogen and oxygen atoms in total. The van der Waals surface area contributed by atoms with Crippen molar-refractivity contribution in [2.24, 2.45) is 5.73 Å². The van der Waals surface area contributed by atoms with Gasteiger partial charge in [0, 0.05) is 18.6 Å². The molecule has 1 atom stereocenters. The lowest BCUT2D eigenvalue weighted by molar-refractivity contribution is 0.150. The van der Waals surface area contributed by atoms with Gasteiger partial charge in [-0.3, -0.25) is 0 Å². The minimum absolute atomic E-state index is 0.0291. The fourth-order valence-electron chi connectivity index (χ4n) is 1.71. The molecule has 1 heterocycles. The summed E-state index contributed by atoms with van der Waals surface area (Å²) in [6.07, 6.45) is 1.84. The van der Waals surface area contributed by atoms with E-state index in [0.717, 1.165) is 19.4 Å². The van der Waals surface area contributed by atoms with Crippen LogP contribution in [0, 0.1) is 0 Å². The van der Waals surface area contributed by atoms with Crippen LogP contribution in [-0.4, -0.2) is 47.3 Å². The molecule has 1 aliphatic rings. The Bertz CT molecular complexity index is 231. The van der Waals surface area contributed by atoms with Gasteiger partial charge in [0.25, 0.3) is 0 Å². The van der Waals surface area contributed by atoms with Crippen molar-refractivity contribution in [1.82, 2.24) is 10.2 Å². The number of hydrogen-bond acceptors (Lipinski definition) is 3. The number of rotatable bonds is 3. The number of urea groups is 1. The van der Waals surface area contributed by atoms with Gasteiger partial charge in [0.15, 0.2) is 0 Å². The number of nitrogens with two attached hydrogens (primary N) is 1. The number of likely N-dealkylation sites (tertiary alicyclic amines) is 1. The Labute approximate surface area is 90.6 Å². The second kappa shape index (κ2) is 4.81. The van der Waals surface area contributed by atoms with Crippen LogP contribution in [0.4, 0.5) is 4.79 Å². The highest BCUT2D eigenvalue weighted by molar-refractivity contribution is 5.75. The fourth-order valence-corrected chi connectivity index (χ4v) is 1.71. The molecule has 0 aromatic heterocycles. The average molecular weight is 215 g/mol. The van der Waals surface area contributed by atoms with Gasteiger partial charge in [-0.2, -0.15) is 0 Å². The van der Waals surface area contributed by atoms with Crippen LogP contribution in [-0.2, 0) is 0 Å². The molecule has 1 fully saturated rings. The number of nitrogens with zero attached hydrogens (tertiary/aromatic N) is 1. The van der Waals surface area contributed by atoms with Crippen molar-refractivity contribution < 1.29 is 9.90 Å². The van der Waals surface area contributed by atoms with E-state index in [4.69, 9.17) is 10.8 Å². The molecule has 0 bridgehead atoms. The fraction of sp³-hybridized carbons (Fsp3) is 0.900. The largest absolute Gasteiger partial charge is 0.394 e. The van der Waals surface area contributed by atoms with Crippen LogP contribution in [0.15, 0.2) is 0 Å². The van der Waals surface area contributed by atoms with Gasteiger partial charge in [-0.15, -0.1) is 0 Å². The Morgan fingerprint density at radius 1 is 1.67 bits per heavy atom. The van der Waals surface area contributed by atoms with Crippen molar-refractivity contribution >= 4 is 6.03 Å². The SMILES string of the molecule is CC(C)(CN)NC(=O)N1CCCC1CO. The summed E-state index contributed by atoms with van der Waals surface area (Å²) < 4.78 is 0. The van der Waals surface area contributed by atoms with Crippen molar-refractivity contribution in [2.45, 2.75) is 38.3 Å². The smallest absolute Gasteiger partial charge is 0.318 e. The van der Waals surface area contributed by atoms with E-state index >= 15 is 0 Å². The second-order valence-corrected chi connectivity index (χ2v) is 4.69. The van der Waals surface area contributed by atoms with Gasteiger partial charge in [-0.05, 0) is 26.7 Å². The van der Waals surface area contributed by atoms with E-state index in [9.17, 15) is 4.79 Å². The summed E-state index contributed by atoms with van der Waals surface area (Å²) in [6.45, 7) is 4.93. The van der Waals surface area contributed by atoms with Crippen LogP contribution < -0.4 is 11.1 Å². The molecule has 0 aliphatic carbocycles. The first-order valence-corrected chi connectivity index (χ1v) is 5.40. The molecule has 0 aromatic carbocycles. The van der Waals surface area contributed by atoms with Crippen molar-refractivity contribution in [3.63, 3.8) is 0 Å². The Kier molecular flexibility index (Phi) is 3.93. The minimum Gasteiger partial charge on any atom is -0.394 e. The molecule has 1 rings (SSSR count). The number of hydrogen-bond donors (Lipinski definition) is 3. The molecule has 0 radical (unpaired) electrons. The molecule has 0 spiro atoms. The normalized spacial score (nSPS) is 21.9. The van der Waals surface area contributed by atoms with E-state index in [1.165, 1.54) is 0 Å². The van der Waals surface area contributed by atoms with E-state index in [1.807, 2.05) is 13.8 Å². The van der Waals surface area contributed by atoms with Gasteiger partial charge in [0.1, 0.15) is 0 Å². The third-order valence-corrected chi connectivity index (χ3v) is 2.80. The highest BCUT2D eigenvalue weighted by Gasteiger charge is 2.30. The second-order valence-electron chi connectivity index (χ2n) is 4.69. The molecule has 0 aromatic rings. The van der Waals surface area contributed by atoms with E-state index in [0.29, 0.717) is 6.54 Å². The standard InChI is InChI=1S/C10H21N3O2/c1-10(2,7-11)12-9(15)13-5-3-4-8(13)6-14/h8,14H,3-7,11H2,1-2H3,(H,12,15). The van der Waals surface area contributed by atoms with Crippen LogP contribution >= 0.6 is 0 Å². The van der Waals surface area contributed by atoms with E-state index in [1.54, 1.807) is 4.90 Å². The van der Waals surface area contributed by atoms with Gasteiger partial charge >= 0.3 is 6.03 Å². The van der Waals surface area contributed by atoms with Gasteiger partial charge in [-0.25, -0.2) is 4.79 Å². The predicted octanol–water partition coefficient (Wildman–Crippen LogP) is -0.110. The molecule has 1 saturated heterocycles. The quantitative estimate of drug-likeness (QED) is 0.614. The van der Waals surface area contributed by atoms with Crippen LogP contribution in [0.1, 0.15) is 26.7 Å². The topological polar surface area (TPSA) is 78.6 Å². The molecule has 1 unspecified atom stereocenters. The van der Waals surface area contributed by atoms with Gasteiger partial charge in [-0.1, -0.05) is 0 Å². The van der Waals surface area contributed by atoms with Crippen molar-refractivity contribution in [3.05, 3.63) is 0 Å². The highest BCUT2D eigenvalue weighted by atomic mass is 16.3. The number of nitrogens with one attached hydrogen (secondary N) is 1. The summed E-state index contributed by atoms with van der Waals surface area (Å²) in [7, 11) is 0. The zero-order valence-corrected chi connectivity index (χ0v) is 9.49. The molecular formula is C10H21N3O2. The predicted molar refractivity (Wildman–Crippen MR) is 58.5 cm³/mol. The van der Waals surface area contributed by atoms with Crippen molar-refractivity contribution in [2.75, 3.05) is 19.7 Å². The Balaban J connectivity index is 2.53. The number of carbonyl (C=O) groups excluding carboxylic acids is 1. The molecule has 1 aliphatic heterocycles. The summed E-state index contributed by atoms with van der Waals surface area (Å²) in [5.74, 6) is 0. The zero-order valence-electron chi connectivity index (χ0n) is 9.49. The van der Waals surface area contributed by atoms with Crippen molar-refractivity contribution in [1.29, 1.82) is 0 Å². The molecule has 0 saturated carbocycles. The average Bonchev–Trinajstić information content (AvgIpc) is 2.64. The molecule has 88 valence electrons. The number of aliphatic hydroxyl groups is 1. The van der Waals surface area contributed by atoms with Crippen LogP contribution in [0.5, 0.6) is 0 Å². The first-order valence-electron chi connectivity index (χ1n) is 5.40. The number of amides is 2. The maximum atomic E-state index is 11.8. The van der Waals surface area contributed by atoms with Gasteiger partial charge < -0.3 is 21.1 Å². The summed E-state index contributed by atoms with van der Waals surface area (Å²) in [5, 5.41) is 12.0.